The van der Waals surface area contributed by atoms with Crippen LogP contribution in [0.4, 0.5) is 10.5 Å². The lowest BCUT2D eigenvalue weighted by Crippen LogP contribution is -2.30. The highest BCUT2D eigenvalue weighted by Crippen LogP contribution is 2.28. The van der Waals surface area contributed by atoms with Crippen molar-refractivity contribution in [2.24, 2.45) is 0 Å². The van der Waals surface area contributed by atoms with Gasteiger partial charge in [0, 0.05) is 17.9 Å². The lowest BCUT2D eigenvalue weighted by molar-refractivity contribution is 0.251. The normalized spacial score (nSPS) is 13.5. The molecular formula is C16H16ClN3O2. The maximum atomic E-state index is 11.7. The predicted octanol–water partition coefficient (Wildman–Crippen LogP) is 3.60. The molecule has 5 nitrogen and oxygen atoms in total. The molecule has 1 aliphatic carbocycles. The summed E-state index contributed by atoms with van der Waals surface area (Å²) in [4.78, 5) is 15.8. The highest BCUT2D eigenvalue weighted by molar-refractivity contribution is 6.32. The molecule has 0 unspecified atom stereocenters. The maximum Gasteiger partial charge on any atom is 0.319 e. The number of carbonyl (C=O) groups is 1. The van der Waals surface area contributed by atoms with Crippen LogP contribution in [0.3, 0.4) is 0 Å². The van der Waals surface area contributed by atoms with Crippen LogP contribution in [-0.4, -0.2) is 17.1 Å². The van der Waals surface area contributed by atoms with Crippen LogP contribution in [0, 0.1) is 0 Å². The molecule has 0 saturated heterocycles. The zero-order valence-electron chi connectivity index (χ0n) is 11.9. The van der Waals surface area contributed by atoms with Gasteiger partial charge in [-0.25, -0.2) is 4.79 Å². The number of nitrogens with one attached hydrogen (secondary N) is 2. The van der Waals surface area contributed by atoms with Gasteiger partial charge in [-0.15, -0.1) is 0 Å². The van der Waals surface area contributed by atoms with Crippen molar-refractivity contribution in [2.45, 2.75) is 25.5 Å². The van der Waals surface area contributed by atoms with E-state index in [1.54, 1.807) is 24.4 Å². The minimum absolute atomic E-state index is 0.208. The fourth-order valence-electron chi connectivity index (χ4n) is 1.91. The first-order valence-corrected chi connectivity index (χ1v) is 7.48. The van der Waals surface area contributed by atoms with Crippen LogP contribution in [0.2, 0.25) is 5.02 Å². The van der Waals surface area contributed by atoms with Crippen LogP contribution in [0.1, 0.15) is 18.5 Å². The smallest absolute Gasteiger partial charge is 0.319 e. The number of halogens is 1. The number of pyridine rings is 1. The van der Waals surface area contributed by atoms with Crippen molar-refractivity contribution in [1.29, 1.82) is 0 Å². The molecule has 0 aliphatic heterocycles. The summed E-state index contributed by atoms with van der Waals surface area (Å²) >= 11 is 6.18. The van der Waals surface area contributed by atoms with Gasteiger partial charge >= 0.3 is 6.03 Å². The Labute approximate surface area is 133 Å². The van der Waals surface area contributed by atoms with Gasteiger partial charge < -0.3 is 15.4 Å². The molecule has 2 amide bonds. The van der Waals surface area contributed by atoms with E-state index in [9.17, 15) is 4.79 Å². The van der Waals surface area contributed by atoms with Crippen molar-refractivity contribution in [2.75, 3.05) is 5.32 Å². The quantitative estimate of drug-likeness (QED) is 0.885. The molecule has 1 aromatic heterocycles. The lowest BCUT2D eigenvalue weighted by Gasteiger charge is -2.10. The minimum atomic E-state index is -0.208. The van der Waals surface area contributed by atoms with E-state index in [1.807, 2.05) is 18.2 Å². The number of carbonyl (C=O) groups excluding carboxylic acids is 1. The molecule has 2 aromatic rings. The van der Waals surface area contributed by atoms with Crippen molar-refractivity contribution in [3.05, 3.63) is 53.3 Å². The second-order valence-electron chi connectivity index (χ2n) is 5.13. The molecule has 22 heavy (non-hydrogen) atoms. The number of aromatic nitrogens is 1. The van der Waals surface area contributed by atoms with Gasteiger partial charge in [-0.3, -0.25) is 4.98 Å². The summed E-state index contributed by atoms with van der Waals surface area (Å²) in [5, 5.41) is 6.05. The van der Waals surface area contributed by atoms with Gasteiger partial charge in [-0.1, -0.05) is 17.7 Å². The van der Waals surface area contributed by atoms with Crippen molar-refractivity contribution >= 4 is 23.3 Å². The summed E-state index contributed by atoms with van der Waals surface area (Å²) < 4.78 is 5.63. The van der Waals surface area contributed by atoms with Gasteiger partial charge in [0.25, 0.3) is 0 Å². The van der Waals surface area contributed by atoms with E-state index in [4.69, 9.17) is 16.3 Å². The molecule has 0 bridgehead atoms. The van der Waals surface area contributed by atoms with E-state index in [-0.39, 0.29) is 6.03 Å². The van der Waals surface area contributed by atoms with Crippen LogP contribution in [0.5, 0.6) is 5.75 Å². The second kappa shape index (κ2) is 6.66. The first-order valence-electron chi connectivity index (χ1n) is 7.10. The Bertz CT molecular complexity index is 660. The van der Waals surface area contributed by atoms with Gasteiger partial charge in [0.05, 0.1) is 10.7 Å². The van der Waals surface area contributed by atoms with Gasteiger partial charge in [0.15, 0.2) is 0 Å². The summed E-state index contributed by atoms with van der Waals surface area (Å²) in [5.74, 6) is 0.556. The highest BCUT2D eigenvalue weighted by Gasteiger charge is 2.23. The van der Waals surface area contributed by atoms with E-state index >= 15 is 0 Å². The molecule has 114 valence electrons. The standard InChI is InChI=1S/C16H16ClN3O2/c17-14-9-12(20-16(21)19-11-4-5-11)6-7-15(14)22-10-13-3-1-2-8-18-13/h1-3,6-9,11H,4-5,10H2,(H2,19,20,21). The van der Waals surface area contributed by atoms with Gasteiger partial charge in [-0.05, 0) is 43.2 Å². The fourth-order valence-corrected chi connectivity index (χ4v) is 2.15. The maximum absolute atomic E-state index is 11.7. The third-order valence-electron chi connectivity index (χ3n) is 3.20. The molecule has 3 rings (SSSR count). The van der Waals surface area contributed by atoms with Crippen LogP contribution < -0.4 is 15.4 Å². The third kappa shape index (κ3) is 4.11. The summed E-state index contributed by atoms with van der Waals surface area (Å²) in [7, 11) is 0. The monoisotopic (exact) mass is 317 g/mol. The molecule has 1 aromatic carbocycles. The molecule has 6 heteroatoms. The molecule has 1 heterocycles. The van der Waals surface area contributed by atoms with E-state index in [2.05, 4.69) is 15.6 Å². The van der Waals surface area contributed by atoms with E-state index in [0.717, 1.165) is 18.5 Å². The number of urea groups is 1. The Morgan fingerprint density at radius 2 is 2.18 bits per heavy atom. The van der Waals surface area contributed by atoms with Gasteiger partial charge in [0.2, 0.25) is 0 Å². The molecular weight excluding hydrogens is 302 g/mol. The molecule has 1 aliphatic rings. The van der Waals surface area contributed by atoms with Gasteiger partial charge in [-0.2, -0.15) is 0 Å². The lowest BCUT2D eigenvalue weighted by atomic mass is 10.3. The largest absolute Gasteiger partial charge is 0.486 e. The number of anilines is 1. The van der Waals surface area contributed by atoms with Crippen molar-refractivity contribution < 1.29 is 9.53 Å². The number of nitrogens with zero attached hydrogens (tertiary/aromatic N) is 1. The van der Waals surface area contributed by atoms with Crippen molar-refractivity contribution in [1.82, 2.24) is 10.3 Å². The zero-order valence-corrected chi connectivity index (χ0v) is 12.6. The Balaban J connectivity index is 1.58. The number of hydrogen-bond donors (Lipinski definition) is 2. The number of hydrogen-bond acceptors (Lipinski definition) is 3. The molecule has 1 saturated carbocycles. The Hall–Kier alpha value is -2.27. The highest BCUT2D eigenvalue weighted by atomic mass is 35.5. The van der Waals surface area contributed by atoms with E-state index < -0.39 is 0 Å². The molecule has 0 atom stereocenters. The van der Waals surface area contributed by atoms with Crippen LogP contribution in [0.15, 0.2) is 42.6 Å². The van der Waals surface area contributed by atoms with Crippen LogP contribution in [-0.2, 0) is 6.61 Å². The summed E-state index contributed by atoms with van der Waals surface area (Å²) in [6.07, 6.45) is 3.81. The van der Waals surface area contributed by atoms with E-state index in [1.165, 1.54) is 0 Å². The Kier molecular flexibility index (Phi) is 4.44. The molecule has 0 spiro atoms. The first kappa shape index (κ1) is 14.7. The zero-order chi connectivity index (χ0) is 15.4. The number of benzene rings is 1. The van der Waals surface area contributed by atoms with Crippen molar-refractivity contribution in [3.8, 4) is 5.75 Å². The number of amides is 2. The van der Waals surface area contributed by atoms with Gasteiger partial charge in [0.1, 0.15) is 12.4 Å². The predicted molar refractivity (Wildman–Crippen MR) is 85.2 cm³/mol. The third-order valence-corrected chi connectivity index (χ3v) is 3.50. The average Bonchev–Trinajstić information content (AvgIpc) is 3.31. The average molecular weight is 318 g/mol. The van der Waals surface area contributed by atoms with Crippen molar-refractivity contribution in [3.63, 3.8) is 0 Å². The summed E-state index contributed by atoms with van der Waals surface area (Å²) in [6.45, 7) is 0.343. The van der Waals surface area contributed by atoms with E-state index in [0.29, 0.717) is 29.1 Å². The first-order chi connectivity index (χ1) is 10.7. The SMILES string of the molecule is O=C(Nc1ccc(OCc2ccccn2)c(Cl)c1)NC1CC1. The molecule has 1 fully saturated rings. The molecule has 2 N–H and O–H groups in total. The second-order valence-corrected chi connectivity index (χ2v) is 5.53. The minimum Gasteiger partial charge on any atom is -0.486 e. The molecule has 0 radical (unpaired) electrons. The van der Waals surface area contributed by atoms with Crippen LogP contribution >= 0.6 is 11.6 Å². The Morgan fingerprint density at radius 1 is 1.32 bits per heavy atom. The topological polar surface area (TPSA) is 63.2 Å². The number of ether oxygens (including phenoxy) is 1. The number of rotatable bonds is 5. The summed E-state index contributed by atoms with van der Waals surface area (Å²) in [5.41, 5.74) is 1.46. The summed E-state index contributed by atoms with van der Waals surface area (Å²) in [6, 6.07) is 10.9. The van der Waals surface area contributed by atoms with Crippen LogP contribution in [0.25, 0.3) is 0 Å². The Morgan fingerprint density at radius 3 is 2.86 bits per heavy atom. The fraction of sp³-hybridized carbons (Fsp3) is 0.250.